The van der Waals surface area contributed by atoms with Crippen LogP contribution in [0.15, 0.2) is 16.9 Å². The van der Waals surface area contributed by atoms with E-state index in [0.717, 1.165) is 5.69 Å². The van der Waals surface area contributed by atoms with E-state index in [9.17, 15) is 9.59 Å². The molecule has 0 aliphatic carbocycles. The average molecular weight is 291 g/mol. The van der Waals surface area contributed by atoms with Crippen molar-refractivity contribution in [3.8, 4) is 0 Å². The maximum Gasteiger partial charge on any atom is 0.272 e. The van der Waals surface area contributed by atoms with Crippen molar-refractivity contribution in [3.05, 3.63) is 33.9 Å². The fraction of sp³-hybridized carbons (Fsp3) is 0.500. The number of hydrogen-bond acceptors (Lipinski definition) is 4. The molecule has 0 unspecified atom stereocenters. The first-order chi connectivity index (χ1) is 9.90. The van der Waals surface area contributed by atoms with Gasteiger partial charge in [0.1, 0.15) is 0 Å². The number of aromatic amines is 1. The Hall–Kier alpha value is -2.15. The van der Waals surface area contributed by atoms with Gasteiger partial charge in [-0.05, 0) is 20.9 Å². The van der Waals surface area contributed by atoms with Gasteiger partial charge in [-0.2, -0.15) is 0 Å². The van der Waals surface area contributed by atoms with Crippen LogP contribution in [0.2, 0.25) is 0 Å². The smallest absolute Gasteiger partial charge is 0.272 e. The Morgan fingerprint density at radius 2 is 2.24 bits per heavy atom. The monoisotopic (exact) mass is 291 g/mol. The first-order valence-electron chi connectivity index (χ1n) is 6.90. The quantitative estimate of drug-likeness (QED) is 0.829. The molecule has 1 atom stereocenters. The maximum atomic E-state index is 12.0. The van der Waals surface area contributed by atoms with Crippen LogP contribution in [0.4, 0.5) is 0 Å². The Labute approximate surface area is 123 Å². The number of carbonyl (C=O) groups excluding carboxylic acids is 1. The maximum absolute atomic E-state index is 12.0. The number of hydrogen-bond donors (Lipinski definition) is 2. The lowest BCUT2D eigenvalue weighted by atomic mass is 10.2. The molecule has 2 heterocycles. The Bertz CT molecular complexity index is 703. The molecule has 114 valence electrons. The number of nitrogens with one attached hydrogen (secondary N) is 2. The Kier molecular flexibility index (Phi) is 4.42. The van der Waals surface area contributed by atoms with Crippen molar-refractivity contribution in [2.75, 3.05) is 14.1 Å². The zero-order valence-electron chi connectivity index (χ0n) is 12.8. The summed E-state index contributed by atoms with van der Waals surface area (Å²) >= 11 is 0. The zero-order chi connectivity index (χ0) is 15.6. The van der Waals surface area contributed by atoms with Gasteiger partial charge in [-0.15, -0.1) is 0 Å². The van der Waals surface area contributed by atoms with E-state index in [2.05, 4.69) is 15.4 Å². The lowest BCUT2D eigenvalue weighted by Crippen LogP contribution is -2.34. The molecule has 2 aromatic heterocycles. The lowest BCUT2D eigenvalue weighted by Gasteiger charge is -2.23. The van der Waals surface area contributed by atoms with Gasteiger partial charge < -0.3 is 5.32 Å². The third-order valence-corrected chi connectivity index (χ3v) is 3.55. The summed E-state index contributed by atoms with van der Waals surface area (Å²) in [7, 11) is 3.54. The van der Waals surface area contributed by atoms with Gasteiger partial charge in [-0.1, -0.05) is 0 Å². The first kappa shape index (κ1) is 15.2. The third-order valence-electron chi connectivity index (χ3n) is 3.55. The number of rotatable bonds is 5. The van der Waals surface area contributed by atoms with Crippen LogP contribution < -0.4 is 10.9 Å². The standard InChI is InChI=1S/C14H21N5O2/c1-9-5-12-16-11(7-14(21)19(12)17-9)8-18(4)10(2)6-13(20)15-3/h5,7,10,17H,6,8H2,1-4H3,(H,15,20)/t10-/m0/s1. The van der Waals surface area contributed by atoms with Crippen LogP contribution in [-0.4, -0.2) is 45.5 Å². The van der Waals surface area contributed by atoms with Crippen LogP contribution >= 0.6 is 0 Å². The molecule has 0 bridgehead atoms. The topological polar surface area (TPSA) is 82.5 Å². The minimum absolute atomic E-state index is 0.000843. The molecule has 0 saturated heterocycles. The molecule has 0 spiro atoms. The highest BCUT2D eigenvalue weighted by Gasteiger charge is 2.14. The van der Waals surface area contributed by atoms with Crippen LogP contribution in [0.25, 0.3) is 5.65 Å². The van der Waals surface area contributed by atoms with E-state index in [4.69, 9.17) is 0 Å². The normalized spacial score (nSPS) is 12.8. The Morgan fingerprint density at radius 1 is 1.52 bits per heavy atom. The molecule has 7 heteroatoms. The zero-order valence-corrected chi connectivity index (χ0v) is 12.8. The fourth-order valence-corrected chi connectivity index (χ4v) is 2.18. The number of fused-ring (bicyclic) bond motifs is 1. The second kappa shape index (κ2) is 6.09. The summed E-state index contributed by atoms with van der Waals surface area (Å²) in [6, 6.07) is 3.42. The Morgan fingerprint density at radius 3 is 2.90 bits per heavy atom. The largest absolute Gasteiger partial charge is 0.359 e. The second-order valence-corrected chi connectivity index (χ2v) is 5.36. The van der Waals surface area contributed by atoms with Crippen molar-refractivity contribution in [2.45, 2.75) is 32.9 Å². The van der Waals surface area contributed by atoms with Gasteiger partial charge in [0.25, 0.3) is 5.56 Å². The second-order valence-electron chi connectivity index (χ2n) is 5.36. The van der Waals surface area contributed by atoms with Crippen molar-refractivity contribution in [1.29, 1.82) is 0 Å². The van der Waals surface area contributed by atoms with E-state index in [1.807, 2.05) is 31.9 Å². The van der Waals surface area contributed by atoms with Crippen LogP contribution in [0.5, 0.6) is 0 Å². The van der Waals surface area contributed by atoms with Crippen molar-refractivity contribution < 1.29 is 4.79 Å². The molecule has 0 aliphatic rings. The van der Waals surface area contributed by atoms with Gasteiger partial charge in [-0.3, -0.25) is 19.6 Å². The minimum atomic E-state index is -0.129. The summed E-state index contributed by atoms with van der Waals surface area (Å²) < 4.78 is 1.42. The molecule has 0 radical (unpaired) electrons. The molecule has 1 amide bonds. The van der Waals surface area contributed by atoms with Crippen molar-refractivity contribution >= 4 is 11.6 Å². The lowest BCUT2D eigenvalue weighted by molar-refractivity contribution is -0.121. The van der Waals surface area contributed by atoms with E-state index in [0.29, 0.717) is 24.3 Å². The highest BCUT2D eigenvalue weighted by atomic mass is 16.1. The molecule has 7 nitrogen and oxygen atoms in total. The summed E-state index contributed by atoms with van der Waals surface area (Å²) in [5.41, 5.74) is 2.07. The molecule has 0 aliphatic heterocycles. The van der Waals surface area contributed by atoms with Gasteiger partial charge in [0.15, 0.2) is 5.65 Å². The average Bonchev–Trinajstić information content (AvgIpc) is 2.79. The molecular weight excluding hydrogens is 270 g/mol. The van der Waals surface area contributed by atoms with E-state index in [1.165, 1.54) is 10.6 Å². The van der Waals surface area contributed by atoms with Crippen LogP contribution in [0, 0.1) is 6.92 Å². The predicted molar refractivity (Wildman–Crippen MR) is 80.2 cm³/mol. The van der Waals surface area contributed by atoms with E-state index in [1.54, 1.807) is 7.05 Å². The molecule has 2 aromatic rings. The van der Waals surface area contributed by atoms with Gasteiger partial charge in [0, 0.05) is 43.9 Å². The number of amides is 1. The third kappa shape index (κ3) is 3.49. The van der Waals surface area contributed by atoms with E-state index >= 15 is 0 Å². The molecule has 2 N–H and O–H groups in total. The van der Waals surface area contributed by atoms with Gasteiger partial charge >= 0.3 is 0 Å². The SMILES string of the molecule is CNC(=O)C[C@H](C)N(C)Cc1cc(=O)n2[nH]c(C)cc2n1. The highest BCUT2D eigenvalue weighted by Crippen LogP contribution is 2.07. The number of aryl methyl sites for hydroxylation is 1. The van der Waals surface area contributed by atoms with Gasteiger partial charge in [0.2, 0.25) is 5.91 Å². The summed E-state index contributed by atoms with van der Waals surface area (Å²) in [5.74, 6) is -0.000843. The van der Waals surface area contributed by atoms with Gasteiger partial charge in [-0.25, -0.2) is 9.50 Å². The predicted octanol–water partition coefficient (Wildman–Crippen LogP) is 0.287. The van der Waals surface area contributed by atoms with E-state index in [-0.39, 0.29) is 17.5 Å². The van der Waals surface area contributed by atoms with Crippen molar-refractivity contribution in [3.63, 3.8) is 0 Å². The van der Waals surface area contributed by atoms with Crippen LogP contribution in [0.3, 0.4) is 0 Å². The van der Waals surface area contributed by atoms with E-state index < -0.39 is 0 Å². The summed E-state index contributed by atoms with van der Waals surface area (Å²) in [6.45, 7) is 4.38. The number of carbonyl (C=O) groups is 1. The first-order valence-corrected chi connectivity index (χ1v) is 6.90. The molecular formula is C14H21N5O2. The summed E-state index contributed by atoms with van der Waals surface area (Å²) in [4.78, 5) is 29.9. The summed E-state index contributed by atoms with van der Waals surface area (Å²) in [5, 5.41) is 5.55. The van der Waals surface area contributed by atoms with Crippen molar-refractivity contribution in [1.82, 2.24) is 24.8 Å². The highest BCUT2D eigenvalue weighted by molar-refractivity contribution is 5.76. The fourth-order valence-electron chi connectivity index (χ4n) is 2.18. The van der Waals surface area contributed by atoms with Crippen LogP contribution in [-0.2, 0) is 11.3 Å². The number of aromatic nitrogens is 3. The molecule has 2 rings (SSSR count). The van der Waals surface area contributed by atoms with Crippen molar-refractivity contribution in [2.24, 2.45) is 0 Å². The summed E-state index contributed by atoms with van der Waals surface area (Å²) in [6.07, 6.45) is 0.414. The Balaban J connectivity index is 2.15. The van der Waals surface area contributed by atoms with Crippen LogP contribution in [0.1, 0.15) is 24.7 Å². The molecule has 21 heavy (non-hydrogen) atoms. The number of H-pyrrole nitrogens is 1. The van der Waals surface area contributed by atoms with Gasteiger partial charge in [0.05, 0.1) is 5.69 Å². The minimum Gasteiger partial charge on any atom is -0.359 e. The number of nitrogens with zero attached hydrogens (tertiary/aromatic N) is 3. The molecule has 0 saturated carbocycles. The molecule has 0 fully saturated rings. The molecule has 0 aromatic carbocycles.